The molecule has 0 unspecified atom stereocenters. The van der Waals surface area contributed by atoms with Crippen LogP contribution >= 0.6 is 0 Å². The largest absolute Gasteiger partial charge is 0.497 e. The van der Waals surface area contributed by atoms with Crippen LogP contribution in [0.15, 0.2) is 42.5 Å². The van der Waals surface area contributed by atoms with E-state index in [0.717, 1.165) is 29.8 Å². The van der Waals surface area contributed by atoms with Gasteiger partial charge in [-0.25, -0.2) is 4.79 Å². The minimum absolute atomic E-state index is 0.360. The van der Waals surface area contributed by atoms with Crippen LogP contribution in [0, 0.1) is 6.92 Å². The SMILES string of the molecule is COc1ccc(C=CC(=O)OCCCc2cccc(C)n2)c(OC)c1. The van der Waals surface area contributed by atoms with Crippen molar-refractivity contribution in [3.8, 4) is 11.5 Å². The molecule has 0 saturated heterocycles. The predicted octanol–water partition coefficient (Wildman–Crippen LogP) is 3.60. The van der Waals surface area contributed by atoms with Crippen LogP contribution in [0.2, 0.25) is 0 Å². The Balaban J connectivity index is 1.81. The lowest BCUT2D eigenvalue weighted by Gasteiger charge is -2.07. The number of carbonyl (C=O) groups is 1. The summed E-state index contributed by atoms with van der Waals surface area (Å²) in [7, 11) is 3.16. The summed E-state index contributed by atoms with van der Waals surface area (Å²) in [5.41, 5.74) is 2.78. The second-order valence-electron chi connectivity index (χ2n) is 5.48. The first-order chi connectivity index (χ1) is 12.1. The quantitative estimate of drug-likeness (QED) is 0.417. The summed E-state index contributed by atoms with van der Waals surface area (Å²) in [6.07, 6.45) is 4.59. The van der Waals surface area contributed by atoms with Crippen molar-refractivity contribution < 1.29 is 19.0 Å². The molecule has 1 aromatic heterocycles. The topological polar surface area (TPSA) is 57.7 Å². The van der Waals surface area contributed by atoms with E-state index in [1.54, 1.807) is 26.4 Å². The summed E-state index contributed by atoms with van der Waals surface area (Å²) >= 11 is 0. The van der Waals surface area contributed by atoms with Crippen molar-refractivity contribution in [1.29, 1.82) is 0 Å². The molecule has 2 aromatic rings. The van der Waals surface area contributed by atoms with Gasteiger partial charge in [-0.05, 0) is 50.1 Å². The summed E-state index contributed by atoms with van der Waals surface area (Å²) in [6, 6.07) is 11.3. The van der Waals surface area contributed by atoms with Gasteiger partial charge >= 0.3 is 5.97 Å². The molecule has 0 amide bonds. The number of nitrogens with zero attached hydrogens (tertiary/aromatic N) is 1. The Hall–Kier alpha value is -2.82. The van der Waals surface area contributed by atoms with E-state index in [1.807, 2.05) is 37.3 Å². The van der Waals surface area contributed by atoms with Crippen molar-refractivity contribution in [2.24, 2.45) is 0 Å². The number of hydrogen-bond acceptors (Lipinski definition) is 5. The van der Waals surface area contributed by atoms with Gasteiger partial charge in [-0.1, -0.05) is 6.07 Å². The maximum absolute atomic E-state index is 11.8. The van der Waals surface area contributed by atoms with Crippen LogP contribution in [0.1, 0.15) is 23.4 Å². The smallest absolute Gasteiger partial charge is 0.330 e. The first kappa shape index (κ1) is 18.5. The van der Waals surface area contributed by atoms with Gasteiger partial charge in [0.2, 0.25) is 0 Å². The Morgan fingerprint density at radius 1 is 1.16 bits per heavy atom. The summed E-state index contributed by atoms with van der Waals surface area (Å²) in [5, 5.41) is 0. The molecule has 0 fully saturated rings. The average molecular weight is 341 g/mol. The molecule has 25 heavy (non-hydrogen) atoms. The first-order valence-corrected chi connectivity index (χ1v) is 8.12. The molecule has 0 atom stereocenters. The molecule has 5 heteroatoms. The molecule has 1 heterocycles. The fraction of sp³-hybridized carbons (Fsp3) is 0.300. The molecule has 0 radical (unpaired) electrons. The van der Waals surface area contributed by atoms with Gasteiger partial charge in [0.15, 0.2) is 0 Å². The van der Waals surface area contributed by atoms with Gasteiger partial charge in [0.25, 0.3) is 0 Å². The lowest BCUT2D eigenvalue weighted by molar-refractivity contribution is -0.137. The van der Waals surface area contributed by atoms with Gasteiger partial charge in [-0.3, -0.25) is 4.98 Å². The predicted molar refractivity (Wildman–Crippen MR) is 96.8 cm³/mol. The van der Waals surface area contributed by atoms with Crippen molar-refractivity contribution >= 4 is 12.0 Å². The van der Waals surface area contributed by atoms with E-state index < -0.39 is 0 Å². The molecule has 0 aliphatic rings. The number of hydrogen-bond donors (Lipinski definition) is 0. The zero-order valence-corrected chi connectivity index (χ0v) is 14.8. The highest BCUT2D eigenvalue weighted by Crippen LogP contribution is 2.25. The summed E-state index contributed by atoms with van der Waals surface area (Å²) in [4.78, 5) is 16.2. The molecular weight excluding hydrogens is 318 g/mol. The number of pyridine rings is 1. The fourth-order valence-electron chi connectivity index (χ4n) is 2.33. The molecular formula is C20H23NO4. The van der Waals surface area contributed by atoms with Crippen LogP contribution in [-0.4, -0.2) is 31.8 Å². The Bertz CT molecular complexity index is 740. The van der Waals surface area contributed by atoms with Crippen molar-refractivity contribution in [2.45, 2.75) is 19.8 Å². The highest BCUT2D eigenvalue weighted by Gasteiger charge is 2.04. The van der Waals surface area contributed by atoms with Crippen LogP contribution in [-0.2, 0) is 16.0 Å². The van der Waals surface area contributed by atoms with Gasteiger partial charge in [0.05, 0.1) is 20.8 Å². The normalized spacial score (nSPS) is 10.7. The van der Waals surface area contributed by atoms with E-state index >= 15 is 0 Å². The van der Waals surface area contributed by atoms with Crippen molar-refractivity contribution in [1.82, 2.24) is 4.98 Å². The minimum atomic E-state index is -0.380. The van der Waals surface area contributed by atoms with E-state index in [2.05, 4.69) is 4.98 Å². The monoisotopic (exact) mass is 341 g/mol. The maximum atomic E-state index is 11.8. The number of aromatic nitrogens is 1. The van der Waals surface area contributed by atoms with E-state index in [4.69, 9.17) is 14.2 Å². The van der Waals surface area contributed by atoms with Crippen LogP contribution < -0.4 is 9.47 Å². The summed E-state index contributed by atoms with van der Waals surface area (Å²) in [5.74, 6) is 0.949. The third kappa shape index (κ3) is 5.95. The number of aryl methyl sites for hydroxylation is 2. The van der Waals surface area contributed by atoms with Crippen LogP contribution in [0.4, 0.5) is 0 Å². The second-order valence-corrected chi connectivity index (χ2v) is 5.48. The van der Waals surface area contributed by atoms with Gasteiger partial charge in [0, 0.05) is 29.1 Å². The van der Waals surface area contributed by atoms with Crippen LogP contribution in [0.3, 0.4) is 0 Å². The lowest BCUT2D eigenvalue weighted by Crippen LogP contribution is -2.04. The van der Waals surface area contributed by atoms with E-state index in [0.29, 0.717) is 18.1 Å². The van der Waals surface area contributed by atoms with Gasteiger partial charge in [-0.2, -0.15) is 0 Å². The average Bonchev–Trinajstić information content (AvgIpc) is 2.63. The molecule has 0 spiro atoms. The number of esters is 1. The van der Waals surface area contributed by atoms with E-state index in [9.17, 15) is 4.79 Å². The van der Waals surface area contributed by atoms with Gasteiger partial charge in [0.1, 0.15) is 11.5 Å². The van der Waals surface area contributed by atoms with E-state index in [1.165, 1.54) is 6.08 Å². The number of benzene rings is 1. The lowest BCUT2D eigenvalue weighted by atomic mass is 10.1. The minimum Gasteiger partial charge on any atom is -0.497 e. The Labute approximate surface area is 148 Å². The third-order valence-corrected chi connectivity index (χ3v) is 3.61. The number of rotatable bonds is 8. The molecule has 132 valence electrons. The Kier molecular flexibility index (Phi) is 7.01. The first-order valence-electron chi connectivity index (χ1n) is 8.12. The Morgan fingerprint density at radius 2 is 2.00 bits per heavy atom. The third-order valence-electron chi connectivity index (χ3n) is 3.61. The number of methoxy groups -OCH3 is 2. The van der Waals surface area contributed by atoms with Crippen molar-refractivity contribution in [3.05, 3.63) is 59.4 Å². The molecule has 2 rings (SSSR count). The molecule has 0 saturated carbocycles. The highest BCUT2D eigenvalue weighted by atomic mass is 16.5. The number of ether oxygens (including phenoxy) is 3. The molecule has 5 nitrogen and oxygen atoms in total. The molecule has 0 aliphatic carbocycles. The highest BCUT2D eigenvalue weighted by molar-refractivity contribution is 5.87. The molecule has 0 aliphatic heterocycles. The Morgan fingerprint density at radius 3 is 2.72 bits per heavy atom. The molecule has 1 aromatic carbocycles. The second kappa shape index (κ2) is 9.47. The summed E-state index contributed by atoms with van der Waals surface area (Å²) in [6.45, 7) is 2.32. The maximum Gasteiger partial charge on any atom is 0.330 e. The molecule has 0 N–H and O–H groups in total. The van der Waals surface area contributed by atoms with Crippen LogP contribution in [0.25, 0.3) is 6.08 Å². The van der Waals surface area contributed by atoms with Crippen LogP contribution in [0.5, 0.6) is 11.5 Å². The van der Waals surface area contributed by atoms with Gasteiger partial charge < -0.3 is 14.2 Å². The zero-order chi connectivity index (χ0) is 18.1. The van der Waals surface area contributed by atoms with Crippen molar-refractivity contribution in [2.75, 3.05) is 20.8 Å². The molecule has 0 bridgehead atoms. The number of carbonyl (C=O) groups excluding carboxylic acids is 1. The van der Waals surface area contributed by atoms with Gasteiger partial charge in [-0.15, -0.1) is 0 Å². The van der Waals surface area contributed by atoms with Crippen molar-refractivity contribution in [3.63, 3.8) is 0 Å². The zero-order valence-electron chi connectivity index (χ0n) is 14.8. The standard InChI is InChI=1S/C20H23NO4/c1-15-6-4-7-17(21-15)8-5-13-25-20(22)12-10-16-9-11-18(23-2)14-19(16)24-3/h4,6-7,9-12,14H,5,8,13H2,1-3H3. The fourth-order valence-corrected chi connectivity index (χ4v) is 2.33. The summed E-state index contributed by atoms with van der Waals surface area (Å²) < 4.78 is 15.6. The van der Waals surface area contributed by atoms with E-state index in [-0.39, 0.29) is 5.97 Å².